The number of carboxylic acids is 1. The van der Waals surface area contributed by atoms with Crippen molar-refractivity contribution in [2.75, 3.05) is 0 Å². The molecule has 0 aromatic carbocycles. The van der Waals surface area contributed by atoms with Crippen molar-refractivity contribution < 1.29 is 14.8 Å². The van der Waals surface area contributed by atoms with E-state index in [4.69, 9.17) is 10.8 Å². The summed E-state index contributed by atoms with van der Waals surface area (Å²) in [7, 11) is 0. The lowest BCUT2D eigenvalue weighted by Crippen LogP contribution is -2.37. The molecule has 0 spiro atoms. The standard InChI is InChI=1S/C9H16N2O4/c10-8(5-9(12)13)6-1-3-7(4-2-6)11(14)15/h6-8H,1-5,10H2,(H,12,13). The Hall–Kier alpha value is -1.17. The summed E-state index contributed by atoms with van der Waals surface area (Å²) in [6.07, 6.45) is 2.32. The van der Waals surface area contributed by atoms with Crippen LogP contribution in [-0.2, 0) is 4.79 Å². The first kappa shape index (κ1) is 11.9. The molecule has 6 nitrogen and oxygen atoms in total. The van der Waals surface area contributed by atoms with Gasteiger partial charge in [0, 0.05) is 23.8 Å². The quantitative estimate of drug-likeness (QED) is 0.529. The van der Waals surface area contributed by atoms with Crippen molar-refractivity contribution in [2.45, 2.75) is 44.2 Å². The van der Waals surface area contributed by atoms with E-state index in [1.807, 2.05) is 0 Å². The van der Waals surface area contributed by atoms with Gasteiger partial charge in [0.05, 0.1) is 6.42 Å². The molecular weight excluding hydrogens is 200 g/mol. The maximum absolute atomic E-state index is 10.5. The van der Waals surface area contributed by atoms with Crippen molar-refractivity contribution >= 4 is 5.97 Å². The van der Waals surface area contributed by atoms with Crippen LogP contribution in [0.3, 0.4) is 0 Å². The molecule has 1 saturated carbocycles. The summed E-state index contributed by atoms with van der Waals surface area (Å²) >= 11 is 0. The molecule has 1 aliphatic carbocycles. The molecule has 1 aliphatic rings. The van der Waals surface area contributed by atoms with Gasteiger partial charge in [-0.05, 0) is 18.8 Å². The molecule has 0 saturated heterocycles. The third-order valence-electron chi connectivity index (χ3n) is 3.06. The smallest absolute Gasteiger partial charge is 0.304 e. The van der Waals surface area contributed by atoms with E-state index in [0.29, 0.717) is 25.7 Å². The highest BCUT2D eigenvalue weighted by Crippen LogP contribution is 2.28. The summed E-state index contributed by atoms with van der Waals surface area (Å²) < 4.78 is 0. The number of hydrogen-bond acceptors (Lipinski definition) is 4. The molecule has 0 aliphatic heterocycles. The first-order chi connectivity index (χ1) is 7.00. The predicted molar refractivity (Wildman–Crippen MR) is 53.0 cm³/mol. The van der Waals surface area contributed by atoms with Crippen LogP contribution in [0.15, 0.2) is 0 Å². The second-order valence-corrected chi connectivity index (χ2v) is 4.12. The number of rotatable bonds is 4. The van der Waals surface area contributed by atoms with Crippen molar-refractivity contribution in [3.8, 4) is 0 Å². The third-order valence-corrected chi connectivity index (χ3v) is 3.06. The Morgan fingerprint density at radius 3 is 2.40 bits per heavy atom. The van der Waals surface area contributed by atoms with Crippen molar-refractivity contribution in [3.63, 3.8) is 0 Å². The summed E-state index contributed by atoms with van der Waals surface area (Å²) in [5, 5.41) is 19.1. The molecule has 0 aromatic heterocycles. The monoisotopic (exact) mass is 216 g/mol. The van der Waals surface area contributed by atoms with Crippen LogP contribution in [0.5, 0.6) is 0 Å². The second kappa shape index (κ2) is 5.06. The largest absolute Gasteiger partial charge is 0.481 e. The van der Waals surface area contributed by atoms with Gasteiger partial charge in [0.1, 0.15) is 0 Å². The highest BCUT2D eigenvalue weighted by Gasteiger charge is 2.31. The number of carboxylic acid groups (broad SMARTS) is 1. The van der Waals surface area contributed by atoms with Gasteiger partial charge < -0.3 is 10.8 Å². The second-order valence-electron chi connectivity index (χ2n) is 4.12. The van der Waals surface area contributed by atoms with Crippen LogP contribution in [0.25, 0.3) is 0 Å². The lowest BCUT2D eigenvalue weighted by Gasteiger charge is -2.27. The molecule has 3 N–H and O–H groups in total. The van der Waals surface area contributed by atoms with Crippen LogP contribution in [-0.4, -0.2) is 28.1 Å². The van der Waals surface area contributed by atoms with E-state index < -0.39 is 12.0 Å². The lowest BCUT2D eigenvalue weighted by molar-refractivity contribution is -0.527. The van der Waals surface area contributed by atoms with Crippen molar-refractivity contribution in [1.29, 1.82) is 0 Å². The lowest BCUT2D eigenvalue weighted by atomic mass is 9.81. The Bertz CT molecular complexity index is 248. The van der Waals surface area contributed by atoms with E-state index in [1.54, 1.807) is 0 Å². The Balaban J connectivity index is 2.36. The highest BCUT2D eigenvalue weighted by atomic mass is 16.6. The minimum absolute atomic E-state index is 0.0478. The van der Waals surface area contributed by atoms with E-state index >= 15 is 0 Å². The zero-order valence-electron chi connectivity index (χ0n) is 8.46. The van der Waals surface area contributed by atoms with E-state index in [9.17, 15) is 14.9 Å². The number of nitrogens with two attached hydrogens (primary N) is 1. The van der Waals surface area contributed by atoms with Gasteiger partial charge >= 0.3 is 5.97 Å². The van der Waals surface area contributed by atoms with Crippen LogP contribution >= 0.6 is 0 Å². The van der Waals surface area contributed by atoms with Gasteiger partial charge in [0.2, 0.25) is 6.04 Å². The first-order valence-electron chi connectivity index (χ1n) is 5.11. The summed E-state index contributed by atoms with van der Waals surface area (Å²) in [5.41, 5.74) is 5.72. The zero-order chi connectivity index (χ0) is 11.4. The average molecular weight is 216 g/mol. The Kier molecular flexibility index (Phi) is 4.02. The first-order valence-corrected chi connectivity index (χ1v) is 5.11. The van der Waals surface area contributed by atoms with Gasteiger partial charge in [-0.2, -0.15) is 0 Å². The van der Waals surface area contributed by atoms with E-state index in [-0.39, 0.29) is 23.3 Å². The van der Waals surface area contributed by atoms with Gasteiger partial charge in [0.15, 0.2) is 0 Å². The van der Waals surface area contributed by atoms with Gasteiger partial charge in [-0.1, -0.05) is 0 Å². The molecule has 0 amide bonds. The summed E-state index contributed by atoms with van der Waals surface area (Å²) in [6.45, 7) is 0. The molecule has 86 valence electrons. The van der Waals surface area contributed by atoms with Gasteiger partial charge in [-0.15, -0.1) is 0 Å². The Labute approximate surface area is 87.6 Å². The number of hydrogen-bond donors (Lipinski definition) is 2. The van der Waals surface area contributed by atoms with Gasteiger partial charge in [-0.25, -0.2) is 0 Å². The number of nitrogens with zero attached hydrogens (tertiary/aromatic N) is 1. The molecule has 1 fully saturated rings. The van der Waals surface area contributed by atoms with E-state index in [2.05, 4.69) is 0 Å². The maximum Gasteiger partial charge on any atom is 0.304 e. The molecule has 1 rings (SSSR count). The molecule has 0 heterocycles. The minimum atomic E-state index is -0.904. The molecule has 0 bridgehead atoms. The molecule has 1 unspecified atom stereocenters. The normalized spacial score (nSPS) is 28.3. The predicted octanol–water partition coefficient (Wildman–Crippen LogP) is 0.624. The van der Waals surface area contributed by atoms with Crippen molar-refractivity contribution in [1.82, 2.24) is 0 Å². The van der Waals surface area contributed by atoms with E-state index in [1.165, 1.54) is 0 Å². The fourth-order valence-electron chi connectivity index (χ4n) is 2.11. The van der Waals surface area contributed by atoms with Crippen molar-refractivity contribution in [2.24, 2.45) is 11.7 Å². The molecule has 1 atom stereocenters. The Morgan fingerprint density at radius 2 is 2.00 bits per heavy atom. The fourth-order valence-corrected chi connectivity index (χ4v) is 2.11. The number of aliphatic carboxylic acids is 1. The third kappa shape index (κ3) is 3.47. The topological polar surface area (TPSA) is 106 Å². The summed E-state index contributed by atoms with van der Waals surface area (Å²) in [5.74, 6) is -0.781. The SMILES string of the molecule is NC(CC(=O)O)C1CCC([N+](=O)[O-])CC1. The van der Waals surface area contributed by atoms with Crippen LogP contribution in [0, 0.1) is 16.0 Å². The highest BCUT2D eigenvalue weighted by molar-refractivity contribution is 5.67. The molecule has 15 heavy (non-hydrogen) atoms. The molecule has 6 heteroatoms. The van der Waals surface area contributed by atoms with Crippen LogP contribution in [0.2, 0.25) is 0 Å². The number of carbonyl (C=O) groups is 1. The van der Waals surface area contributed by atoms with E-state index in [0.717, 1.165) is 0 Å². The van der Waals surface area contributed by atoms with Gasteiger partial charge in [-0.3, -0.25) is 14.9 Å². The van der Waals surface area contributed by atoms with Crippen molar-refractivity contribution in [3.05, 3.63) is 10.1 Å². The maximum atomic E-state index is 10.5. The fraction of sp³-hybridized carbons (Fsp3) is 0.889. The summed E-state index contributed by atoms with van der Waals surface area (Å²) in [6, 6.07) is -0.825. The average Bonchev–Trinajstić information content (AvgIpc) is 2.17. The molecule has 0 radical (unpaired) electrons. The minimum Gasteiger partial charge on any atom is -0.481 e. The van der Waals surface area contributed by atoms with Crippen LogP contribution in [0.4, 0.5) is 0 Å². The molecular formula is C9H16N2O4. The summed E-state index contributed by atoms with van der Waals surface area (Å²) in [4.78, 5) is 20.7. The van der Waals surface area contributed by atoms with Crippen LogP contribution in [0.1, 0.15) is 32.1 Å². The Morgan fingerprint density at radius 1 is 1.47 bits per heavy atom. The molecule has 0 aromatic rings. The number of nitro groups is 1. The van der Waals surface area contributed by atoms with Gasteiger partial charge in [0.25, 0.3) is 0 Å². The zero-order valence-corrected chi connectivity index (χ0v) is 8.46. The van der Waals surface area contributed by atoms with Crippen LogP contribution < -0.4 is 5.73 Å².